The highest BCUT2D eigenvalue weighted by Crippen LogP contribution is 2.28. The molecule has 0 radical (unpaired) electrons. The van der Waals surface area contributed by atoms with E-state index < -0.39 is 0 Å². The second-order valence-corrected chi connectivity index (χ2v) is 8.09. The number of nitrogens with zero attached hydrogens (tertiary/aromatic N) is 3. The number of piperazine rings is 1. The lowest BCUT2D eigenvalue weighted by Gasteiger charge is -2.45. The molecule has 1 N–H and O–H groups in total. The lowest BCUT2D eigenvalue weighted by Crippen LogP contribution is -2.60. The Morgan fingerprint density at radius 1 is 1.23 bits per heavy atom. The number of rotatable bonds is 3. The molecule has 3 rings (SSSR count). The summed E-state index contributed by atoms with van der Waals surface area (Å²) in [7, 11) is 0. The van der Waals surface area contributed by atoms with Gasteiger partial charge in [-0.3, -0.25) is 9.69 Å². The number of benzene rings is 1. The molecule has 1 aromatic carbocycles. The fourth-order valence-electron chi connectivity index (χ4n) is 4.12. The molecule has 144 valence electrons. The van der Waals surface area contributed by atoms with Crippen LogP contribution in [0.3, 0.4) is 0 Å². The van der Waals surface area contributed by atoms with Crippen LogP contribution in [-0.4, -0.2) is 77.8 Å². The van der Waals surface area contributed by atoms with E-state index in [4.69, 9.17) is 4.74 Å². The molecule has 1 aromatic rings. The number of phenolic OH excluding ortho intramolecular Hbond substituents is 1. The van der Waals surface area contributed by atoms with Gasteiger partial charge in [0.2, 0.25) is 5.91 Å². The number of para-hydroxylation sites is 2. The van der Waals surface area contributed by atoms with Crippen LogP contribution in [0.15, 0.2) is 24.3 Å². The molecule has 6 nitrogen and oxygen atoms in total. The Bertz CT molecular complexity index is 641. The van der Waals surface area contributed by atoms with Gasteiger partial charge in [0.25, 0.3) is 0 Å². The summed E-state index contributed by atoms with van der Waals surface area (Å²) < 4.78 is 5.96. The summed E-state index contributed by atoms with van der Waals surface area (Å²) in [4.78, 5) is 19.3. The Morgan fingerprint density at radius 3 is 2.50 bits per heavy atom. The van der Waals surface area contributed by atoms with Crippen LogP contribution >= 0.6 is 0 Å². The van der Waals surface area contributed by atoms with Crippen molar-refractivity contribution in [3.05, 3.63) is 24.3 Å². The van der Waals surface area contributed by atoms with E-state index >= 15 is 0 Å². The largest absolute Gasteiger partial charge is 0.506 e. The van der Waals surface area contributed by atoms with E-state index in [9.17, 15) is 9.90 Å². The SMILES string of the molecule is CC1CN(C(C)C(=O)N2CCN(c3ccccc3O)CC2)CC(C)(C)O1. The van der Waals surface area contributed by atoms with Crippen LogP contribution in [0, 0.1) is 0 Å². The topological polar surface area (TPSA) is 56.3 Å². The normalized spacial score (nSPS) is 25.2. The third kappa shape index (κ3) is 4.13. The second-order valence-electron chi connectivity index (χ2n) is 8.09. The monoisotopic (exact) mass is 361 g/mol. The minimum Gasteiger partial charge on any atom is -0.506 e. The van der Waals surface area contributed by atoms with Crippen molar-refractivity contribution in [3.8, 4) is 5.75 Å². The summed E-state index contributed by atoms with van der Waals surface area (Å²) in [6.45, 7) is 12.6. The van der Waals surface area contributed by atoms with E-state index in [-0.39, 0.29) is 23.7 Å². The van der Waals surface area contributed by atoms with Gasteiger partial charge in [-0.05, 0) is 39.8 Å². The molecule has 6 heteroatoms. The van der Waals surface area contributed by atoms with E-state index in [2.05, 4.69) is 30.6 Å². The zero-order chi connectivity index (χ0) is 18.9. The first kappa shape index (κ1) is 19.0. The molecular formula is C20H31N3O3. The number of carbonyl (C=O) groups excluding carboxylic acids is 1. The molecular weight excluding hydrogens is 330 g/mol. The number of carbonyl (C=O) groups is 1. The summed E-state index contributed by atoms with van der Waals surface area (Å²) in [5, 5.41) is 10.0. The summed E-state index contributed by atoms with van der Waals surface area (Å²) in [6, 6.07) is 7.24. The predicted molar refractivity (Wildman–Crippen MR) is 103 cm³/mol. The Kier molecular flexibility index (Phi) is 5.44. The highest BCUT2D eigenvalue weighted by atomic mass is 16.5. The van der Waals surface area contributed by atoms with Gasteiger partial charge in [0.15, 0.2) is 0 Å². The van der Waals surface area contributed by atoms with Gasteiger partial charge in [-0.25, -0.2) is 0 Å². The van der Waals surface area contributed by atoms with E-state index in [1.54, 1.807) is 6.07 Å². The molecule has 0 aliphatic carbocycles. The minimum atomic E-state index is -0.226. The molecule has 0 saturated carbocycles. The summed E-state index contributed by atoms with van der Waals surface area (Å²) in [5.74, 6) is 0.483. The van der Waals surface area contributed by atoms with Crippen LogP contribution in [0.1, 0.15) is 27.7 Å². The van der Waals surface area contributed by atoms with E-state index in [0.717, 1.165) is 31.9 Å². The number of morpholine rings is 1. The van der Waals surface area contributed by atoms with Gasteiger partial charge in [-0.15, -0.1) is 0 Å². The third-order valence-corrected chi connectivity index (χ3v) is 5.31. The van der Waals surface area contributed by atoms with Crippen molar-refractivity contribution < 1.29 is 14.6 Å². The van der Waals surface area contributed by atoms with E-state index in [1.165, 1.54) is 0 Å². The van der Waals surface area contributed by atoms with Gasteiger partial charge in [0, 0.05) is 39.3 Å². The Hall–Kier alpha value is -1.79. The van der Waals surface area contributed by atoms with E-state index in [1.807, 2.05) is 30.0 Å². The smallest absolute Gasteiger partial charge is 0.239 e. The van der Waals surface area contributed by atoms with Crippen molar-refractivity contribution in [2.24, 2.45) is 0 Å². The summed E-state index contributed by atoms with van der Waals surface area (Å²) >= 11 is 0. The van der Waals surface area contributed by atoms with Crippen LogP contribution in [0.4, 0.5) is 5.69 Å². The molecule has 0 aromatic heterocycles. The highest BCUT2D eigenvalue weighted by Gasteiger charge is 2.37. The molecule has 2 unspecified atom stereocenters. The first-order valence-corrected chi connectivity index (χ1v) is 9.50. The molecule has 2 atom stereocenters. The number of ether oxygens (including phenoxy) is 1. The lowest BCUT2D eigenvalue weighted by molar-refractivity contribution is -0.154. The molecule has 2 aliphatic rings. The summed E-state index contributed by atoms with van der Waals surface area (Å²) in [5.41, 5.74) is 0.617. The van der Waals surface area contributed by atoms with Crippen molar-refractivity contribution in [2.45, 2.75) is 45.4 Å². The molecule has 2 aliphatic heterocycles. The Labute approximate surface area is 156 Å². The van der Waals surface area contributed by atoms with Crippen molar-refractivity contribution in [1.82, 2.24) is 9.80 Å². The van der Waals surface area contributed by atoms with Gasteiger partial charge in [-0.2, -0.15) is 0 Å². The maximum Gasteiger partial charge on any atom is 0.239 e. The predicted octanol–water partition coefficient (Wildman–Crippen LogP) is 1.93. The molecule has 2 saturated heterocycles. The number of phenols is 1. The third-order valence-electron chi connectivity index (χ3n) is 5.31. The van der Waals surface area contributed by atoms with Crippen LogP contribution in [-0.2, 0) is 9.53 Å². The fourth-order valence-corrected chi connectivity index (χ4v) is 4.12. The first-order chi connectivity index (χ1) is 12.3. The average Bonchev–Trinajstić information content (AvgIpc) is 2.59. The first-order valence-electron chi connectivity index (χ1n) is 9.50. The Balaban J connectivity index is 1.59. The molecule has 0 bridgehead atoms. The van der Waals surface area contributed by atoms with Crippen molar-refractivity contribution >= 4 is 11.6 Å². The van der Waals surface area contributed by atoms with Crippen LogP contribution < -0.4 is 4.90 Å². The number of amides is 1. The van der Waals surface area contributed by atoms with Gasteiger partial charge in [0.1, 0.15) is 5.75 Å². The second kappa shape index (κ2) is 7.45. The van der Waals surface area contributed by atoms with Crippen molar-refractivity contribution in [2.75, 3.05) is 44.2 Å². The van der Waals surface area contributed by atoms with Gasteiger partial charge in [-0.1, -0.05) is 12.1 Å². The number of anilines is 1. The molecule has 1 amide bonds. The number of aromatic hydroxyl groups is 1. The maximum absolute atomic E-state index is 13.0. The van der Waals surface area contributed by atoms with Crippen LogP contribution in [0.5, 0.6) is 5.75 Å². The standard InChI is InChI=1S/C20H31N3O3/c1-15-13-23(14-20(3,4)26-15)16(2)19(25)22-11-9-21(10-12-22)17-7-5-6-8-18(17)24/h5-8,15-16,24H,9-14H2,1-4H3. The fraction of sp³-hybridized carbons (Fsp3) is 0.650. The van der Waals surface area contributed by atoms with Crippen molar-refractivity contribution in [3.63, 3.8) is 0 Å². The van der Waals surface area contributed by atoms with E-state index in [0.29, 0.717) is 18.8 Å². The molecule has 26 heavy (non-hydrogen) atoms. The zero-order valence-electron chi connectivity index (χ0n) is 16.3. The van der Waals surface area contributed by atoms with Gasteiger partial charge >= 0.3 is 0 Å². The lowest BCUT2D eigenvalue weighted by atomic mass is 10.0. The van der Waals surface area contributed by atoms with Crippen LogP contribution in [0.2, 0.25) is 0 Å². The number of hydrogen-bond donors (Lipinski definition) is 1. The van der Waals surface area contributed by atoms with Crippen molar-refractivity contribution in [1.29, 1.82) is 0 Å². The summed E-state index contributed by atoms with van der Waals surface area (Å²) in [6.07, 6.45) is 0.131. The molecule has 0 spiro atoms. The highest BCUT2D eigenvalue weighted by molar-refractivity contribution is 5.82. The molecule has 2 fully saturated rings. The van der Waals surface area contributed by atoms with Crippen LogP contribution in [0.25, 0.3) is 0 Å². The Morgan fingerprint density at radius 2 is 1.88 bits per heavy atom. The minimum absolute atomic E-state index is 0.131. The maximum atomic E-state index is 13.0. The quantitative estimate of drug-likeness (QED) is 0.892. The molecule has 2 heterocycles. The zero-order valence-corrected chi connectivity index (χ0v) is 16.3. The average molecular weight is 361 g/mol. The van der Waals surface area contributed by atoms with Gasteiger partial charge in [0.05, 0.1) is 23.4 Å². The number of hydrogen-bond acceptors (Lipinski definition) is 5. The van der Waals surface area contributed by atoms with Gasteiger partial charge < -0.3 is 19.6 Å².